The summed E-state index contributed by atoms with van der Waals surface area (Å²) in [7, 11) is 0. The van der Waals surface area contributed by atoms with Gasteiger partial charge < -0.3 is 15.0 Å². The highest BCUT2D eigenvalue weighted by molar-refractivity contribution is 5.47. The van der Waals surface area contributed by atoms with Gasteiger partial charge in [-0.3, -0.25) is 0 Å². The summed E-state index contributed by atoms with van der Waals surface area (Å²) < 4.78 is 5.69. The van der Waals surface area contributed by atoms with Crippen molar-refractivity contribution in [1.82, 2.24) is 4.98 Å². The lowest BCUT2D eigenvalue weighted by molar-refractivity contribution is 0.0382. The van der Waals surface area contributed by atoms with Gasteiger partial charge in [0.1, 0.15) is 11.6 Å². The molecule has 0 spiro atoms. The Balaban J connectivity index is 2.02. The highest BCUT2D eigenvalue weighted by Crippen LogP contribution is 2.18. The van der Waals surface area contributed by atoms with E-state index in [-0.39, 0.29) is 0 Å². The largest absolute Gasteiger partial charge is 0.375 e. The molecule has 1 fully saturated rings. The van der Waals surface area contributed by atoms with Gasteiger partial charge in [-0.25, -0.2) is 4.98 Å². The molecule has 1 saturated heterocycles. The van der Waals surface area contributed by atoms with Crippen molar-refractivity contribution in [1.29, 1.82) is 0 Å². The van der Waals surface area contributed by atoms with Crippen molar-refractivity contribution in [3.63, 3.8) is 0 Å². The van der Waals surface area contributed by atoms with Gasteiger partial charge in [0.05, 0.1) is 12.7 Å². The van der Waals surface area contributed by atoms with Gasteiger partial charge in [-0.2, -0.15) is 0 Å². The van der Waals surface area contributed by atoms with Crippen molar-refractivity contribution < 1.29 is 4.74 Å². The molecule has 0 saturated carbocycles. The second-order valence-electron chi connectivity index (χ2n) is 4.65. The summed E-state index contributed by atoms with van der Waals surface area (Å²) in [6.45, 7) is 7.97. The summed E-state index contributed by atoms with van der Waals surface area (Å²) in [5.41, 5.74) is 0. The van der Waals surface area contributed by atoms with E-state index >= 15 is 0 Å². The fourth-order valence-corrected chi connectivity index (χ4v) is 2.13. The maximum Gasteiger partial charge on any atom is 0.131 e. The number of pyridine rings is 1. The molecule has 1 aromatic heterocycles. The third-order valence-electron chi connectivity index (χ3n) is 3.21. The van der Waals surface area contributed by atoms with E-state index in [0.29, 0.717) is 6.10 Å². The molecule has 0 aliphatic carbocycles. The van der Waals surface area contributed by atoms with Gasteiger partial charge in [-0.15, -0.1) is 0 Å². The van der Waals surface area contributed by atoms with E-state index in [0.717, 1.165) is 50.7 Å². The molecule has 1 aliphatic rings. The Bertz CT molecular complexity index is 370. The first kappa shape index (κ1) is 13.1. The van der Waals surface area contributed by atoms with Crippen molar-refractivity contribution >= 4 is 11.6 Å². The topological polar surface area (TPSA) is 37.4 Å². The van der Waals surface area contributed by atoms with Crippen molar-refractivity contribution in [2.75, 3.05) is 36.5 Å². The number of aromatic nitrogens is 1. The molecule has 1 N–H and O–H groups in total. The van der Waals surface area contributed by atoms with Crippen LogP contribution in [0.3, 0.4) is 0 Å². The summed E-state index contributed by atoms with van der Waals surface area (Å²) in [5.74, 6) is 2.02. The van der Waals surface area contributed by atoms with Crippen LogP contribution in [-0.4, -0.2) is 37.3 Å². The maximum absolute atomic E-state index is 5.69. The molecule has 1 atom stereocenters. The summed E-state index contributed by atoms with van der Waals surface area (Å²) in [6, 6.07) is 6.17. The van der Waals surface area contributed by atoms with Crippen LogP contribution >= 0.6 is 0 Å². The number of nitrogens with zero attached hydrogens (tertiary/aromatic N) is 2. The molecule has 1 aliphatic heterocycles. The van der Waals surface area contributed by atoms with Gasteiger partial charge in [0, 0.05) is 19.6 Å². The van der Waals surface area contributed by atoms with E-state index < -0.39 is 0 Å². The number of morpholine rings is 1. The summed E-state index contributed by atoms with van der Waals surface area (Å²) in [5, 5.41) is 3.33. The molecule has 0 bridgehead atoms. The number of anilines is 2. The number of nitrogens with one attached hydrogen (secondary N) is 1. The fourth-order valence-electron chi connectivity index (χ4n) is 2.13. The Kier molecular flexibility index (Phi) is 4.81. The van der Waals surface area contributed by atoms with Crippen molar-refractivity contribution in [2.24, 2.45) is 0 Å². The van der Waals surface area contributed by atoms with Crippen LogP contribution in [0.1, 0.15) is 26.7 Å². The minimum atomic E-state index is 0.341. The Morgan fingerprint density at radius 1 is 1.44 bits per heavy atom. The van der Waals surface area contributed by atoms with E-state index in [9.17, 15) is 0 Å². The lowest BCUT2D eigenvalue weighted by Crippen LogP contribution is -2.42. The van der Waals surface area contributed by atoms with E-state index in [1.54, 1.807) is 0 Å². The quantitative estimate of drug-likeness (QED) is 0.870. The smallest absolute Gasteiger partial charge is 0.131 e. The zero-order valence-electron chi connectivity index (χ0n) is 11.4. The predicted molar refractivity (Wildman–Crippen MR) is 75.3 cm³/mol. The van der Waals surface area contributed by atoms with Crippen molar-refractivity contribution in [3.8, 4) is 0 Å². The Morgan fingerprint density at radius 3 is 3.11 bits per heavy atom. The first-order chi connectivity index (χ1) is 8.83. The van der Waals surface area contributed by atoms with Crippen LogP contribution in [0.2, 0.25) is 0 Å². The lowest BCUT2D eigenvalue weighted by Gasteiger charge is -2.33. The molecule has 2 rings (SSSR count). The normalized spacial score (nSPS) is 19.9. The Morgan fingerprint density at radius 2 is 2.33 bits per heavy atom. The van der Waals surface area contributed by atoms with Crippen LogP contribution in [0, 0.1) is 0 Å². The van der Waals surface area contributed by atoms with Crippen LogP contribution in [0.5, 0.6) is 0 Å². The average molecular weight is 249 g/mol. The second-order valence-corrected chi connectivity index (χ2v) is 4.65. The average Bonchev–Trinajstić information content (AvgIpc) is 2.45. The van der Waals surface area contributed by atoms with E-state index in [1.165, 1.54) is 0 Å². The Labute approximate surface area is 109 Å². The van der Waals surface area contributed by atoms with Crippen LogP contribution in [0.25, 0.3) is 0 Å². The van der Waals surface area contributed by atoms with Gasteiger partial charge in [0.2, 0.25) is 0 Å². The van der Waals surface area contributed by atoms with Gasteiger partial charge in [0.15, 0.2) is 0 Å². The zero-order chi connectivity index (χ0) is 12.8. The predicted octanol–water partition coefficient (Wildman–Crippen LogP) is 2.52. The molecule has 4 heteroatoms. The lowest BCUT2D eigenvalue weighted by atomic mass is 10.2. The summed E-state index contributed by atoms with van der Waals surface area (Å²) in [6.07, 6.45) is 2.51. The molecular formula is C14H23N3O. The Hall–Kier alpha value is -1.29. The molecule has 2 heterocycles. The van der Waals surface area contributed by atoms with Gasteiger partial charge in [-0.05, 0) is 25.0 Å². The molecule has 18 heavy (non-hydrogen) atoms. The standard InChI is InChI=1S/C14H23N3O/c1-3-8-15-13-6-5-7-14(16-13)17-9-10-18-12(4-2)11-17/h5-7,12H,3-4,8-11H2,1-2H3,(H,15,16). The SMILES string of the molecule is CCCNc1cccc(N2CCOC(CC)C2)n1. The minimum Gasteiger partial charge on any atom is -0.375 e. The number of rotatable bonds is 5. The van der Waals surface area contributed by atoms with Gasteiger partial charge in [0.25, 0.3) is 0 Å². The maximum atomic E-state index is 5.69. The third kappa shape index (κ3) is 3.35. The van der Waals surface area contributed by atoms with E-state index in [1.807, 2.05) is 6.07 Å². The first-order valence-corrected chi connectivity index (χ1v) is 6.91. The van der Waals surface area contributed by atoms with Crippen LogP contribution in [-0.2, 0) is 4.74 Å². The molecule has 100 valence electrons. The molecule has 0 radical (unpaired) electrons. The second kappa shape index (κ2) is 6.59. The van der Waals surface area contributed by atoms with Crippen molar-refractivity contribution in [3.05, 3.63) is 18.2 Å². The monoisotopic (exact) mass is 249 g/mol. The highest BCUT2D eigenvalue weighted by Gasteiger charge is 2.19. The fraction of sp³-hybridized carbons (Fsp3) is 0.643. The summed E-state index contributed by atoms with van der Waals surface area (Å²) >= 11 is 0. The van der Waals surface area contributed by atoms with Crippen LogP contribution in [0.15, 0.2) is 18.2 Å². The molecule has 4 nitrogen and oxygen atoms in total. The first-order valence-electron chi connectivity index (χ1n) is 6.91. The van der Waals surface area contributed by atoms with E-state index in [2.05, 4.69) is 41.2 Å². The number of ether oxygens (including phenoxy) is 1. The van der Waals surface area contributed by atoms with E-state index in [4.69, 9.17) is 4.74 Å². The van der Waals surface area contributed by atoms with Crippen LogP contribution < -0.4 is 10.2 Å². The zero-order valence-corrected chi connectivity index (χ0v) is 11.4. The molecular weight excluding hydrogens is 226 g/mol. The highest BCUT2D eigenvalue weighted by atomic mass is 16.5. The minimum absolute atomic E-state index is 0.341. The summed E-state index contributed by atoms with van der Waals surface area (Å²) in [4.78, 5) is 6.98. The molecule has 0 aromatic carbocycles. The number of hydrogen-bond acceptors (Lipinski definition) is 4. The molecule has 1 unspecified atom stereocenters. The van der Waals surface area contributed by atoms with Gasteiger partial charge in [-0.1, -0.05) is 19.9 Å². The third-order valence-corrected chi connectivity index (χ3v) is 3.21. The molecule has 0 amide bonds. The number of hydrogen-bond donors (Lipinski definition) is 1. The molecule has 1 aromatic rings. The van der Waals surface area contributed by atoms with Gasteiger partial charge >= 0.3 is 0 Å². The van der Waals surface area contributed by atoms with Crippen molar-refractivity contribution in [2.45, 2.75) is 32.8 Å². The van der Waals surface area contributed by atoms with Crippen LogP contribution in [0.4, 0.5) is 11.6 Å².